The molecule has 1 aliphatic heterocycles. The van der Waals surface area contributed by atoms with Gasteiger partial charge in [0, 0.05) is 35.6 Å². The average Bonchev–Trinajstić information content (AvgIpc) is 3.08. The summed E-state index contributed by atoms with van der Waals surface area (Å²) in [6, 6.07) is 11.7. The molecule has 0 fully saturated rings. The molecule has 5 rings (SSSR count). The number of Topliss-reactive ketones (excluding diaryl/α,β-unsaturated/α-hetero) is 1. The van der Waals surface area contributed by atoms with E-state index in [1.54, 1.807) is 13.3 Å². The summed E-state index contributed by atoms with van der Waals surface area (Å²) in [6.07, 6.45) is 5.00. The highest BCUT2D eigenvalue weighted by Gasteiger charge is 2.39. The lowest BCUT2D eigenvalue weighted by molar-refractivity contribution is -0.117. The van der Waals surface area contributed by atoms with Gasteiger partial charge in [-0.3, -0.25) is 9.78 Å². The third-order valence-corrected chi connectivity index (χ3v) is 5.96. The summed E-state index contributed by atoms with van der Waals surface area (Å²) >= 11 is 0. The smallest absolute Gasteiger partial charge is 0.163 e. The molecule has 1 aromatic carbocycles. The number of aryl methyl sites for hydroxylation is 1. The topological polar surface area (TPSA) is 69.0 Å². The molecule has 0 spiro atoms. The molecule has 2 aromatic heterocycles. The van der Waals surface area contributed by atoms with Gasteiger partial charge in [-0.15, -0.1) is 0 Å². The molecule has 2 aliphatic rings. The van der Waals surface area contributed by atoms with Crippen LogP contribution in [-0.4, -0.2) is 27.7 Å². The molecule has 0 unspecified atom stereocenters. The number of ketones is 1. The lowest BCUT2D eigenvalue weighted by atomic mass is 9.81. The Kier molecular flexibility index (Phi) is 4.42. The number of hydrogen-bond donors (Lipinski definition) is 1. The Hall–Kier alpha value is -3.41. The van der Waals surface area contributed by atoms with Crippen molar-refractivity contribution in [3.05, 3.63) is 71.3 Å². The molecule has 0 saturated carbocycles. The van der Waals surface area contributed by atoms with Crippen LogP contribution in [0.1, 0.15) is 37.1 Å². The minimum atomic E-state index is -0.268. The maximum Gasteiger partial charge on any atom is 0.163 e. The maximum atomic E-state index is 13.1. The van der Waals surface area contributed by atoms with Crippen LogP contribution in [-0.2, 0) is 4.79 Å². The van der Waals surface area contributed by atoms with Crippen molar-refractivity contribution in [2.24, 2.45) is 5.92 Å². The minimum Gasteiger partial charge on any atom is -0.497 e. The number of ether oxygens (including phenoxy) is 1. The largest absolute Gasteiger partial charge is 0.497 e. The van der Waals surface area contributed by atoms with E-state index in [1.165, 1.54) is 0 Å². The molecule has 2 atom stereocenters. The third kappa shape index (κ3) is 2.91. The number of rotatable bonds is 3. The number of allylic oxidation sites excluding steroid dienone is 2. The van der Waals surface area contributed by atoms with E-state index in [4.69, 9.17) is 9.84 Å². The van der Waals surface area contributed by atoms with Gasteiger partial charge < -0.3 is 10.1 Å². The molecule has 6 heteroatoms. The van der Waals surface area contributed by atoms with Gasteiger partial charge in [-0.25, -0.2) is 4.68 Å². The third-order valence-electron chi connectivity index (χ3n) is 5.96. The Morgan fingerprint density at radius 2 is 1.97 bits per heavy atom. The first-order chi connectivity index (χ1) is 14.6. The Bertz CT molecular complexity index is 1150. The number of hydrogen-bond acceptors (Lipinski definition) is 5. The van der Waals surface area contributed by atoms with Crippen LogP contribution in [0.2, 0.25) is 0 Å². The van der Waals surface area contributed by atoms with Gasteiger partial charge in [-0.2, -0.15) is 5.10 Å². The summed E-state index contributed by atoms with van der Waals surface area (Å²) < 4.78 is 7.27. The van der Waals surface area contributed by atoms with E-state index < -0.39 is 0 Å². The average molecular weight is 400 g/mol. The summed E-state index contributed by atoms with van der Waals surface area (Å²) in [5.41, 5.74) is 5.82. The van der Waals surface area contributed by atoms with E-state index in [-0.39, 0.29) is 11.8 Å². The van der Waals surface area contributed by atoms with E-state index >= 15 is 0 Å². The molecule has 30 heavy (non-hydrogen) atoms. The minimum absolute atomic E-state index is 0.190. The van der Waals surface area contributed by atoms with Crippen LogP contribution < -0.4 is 10.1 Å². The maximum absolute atomic E-state index is 13.1. The number of nitrogens with one attached hydrogen (secondary N) is 1. The van der Waals surface area contributed by atoms with Gasteiger partial charge in [0.05, 0.1) is 12.8 Å². The van der Waals surface area contributed by atoms with Crippen LogP contribution in [0.3, 0.4) is 0 Å². The number of benzene rings is 1. The fraction of sp³-hybridized carbons (Fsp3) is 0.292. The van der Waals surface area contributed by atoms with Crippen molar-refractivity contribution in [3.63, 3.8) is 0 Å². The zero-order valence-corrected chi connectivity index (χ0v) is 17.3. The van der Waals surface area contributed by atoms with Crippen LogP contribution in [0.25, 0.3) is 11.1 Å². The molecule has 0 saturated heterocycles. The van der Waals surface area contributed by atoms with Crippen LogP contribution in [0.5, 0.6) is 5.75 Å². The molecule has 152 valence electrons. The predicted octanol–water partition coefficient (Wildman–Crippen LogP) is 4.53. The number of aromatic nitrogens is 3. The van der Waals surface area contributed by atoms with Crippen molar-refractivity contribution < 1.29 is 9.53 Å². The monoisotopic (exact) mass is 400 g/mol. The van der Waals surface area contributed by atoms with E-state index in [0.717, 1.165) is 51.6 Å². The van der Waals surface area contributed by atoms with Gasteiger partial charge in [-0.1, -0.05) is 25.1 Å². The van der Waals surface area contributed by atoms with Crippen LogP contribution >= 0.6 is 0 Å². The molecule has 1 N–H and O–H groups in total. The van der Waals surface area contributed by atoms with Gasteiger partial charge in [0.2, 0.25) is 0 Å². The number of methoxy groups -OCH3 is 1. The van der Waals surface area contributed by atoms with Crippen LogP contribution in [0.15, 0.2) is 60.1 Å². The zero-order valence-electron chi connectivity index (χ0n) is 17.3. The van der Waals surface area contributed by atoms with Crippen molar-refractivity contribution in [2.75, 3.05) is 12.4 Å². The van der Waals surface area contributed by atoms with E-state index in [9.17, 15) is 4.79 Å². The molecular weight excluding hydrogens is 376 g/mol. The Labute approximate surface area is 175 Å². The summed E-state index contributed by atoms with van der Waals surface area (Å²) in [6.45, 7) is 4.14. The van der Waals surface area contributed by atoms with Crippen molar-refractivity contribution in [2.45, 2.75) is 32.7 Å². The van der Waals surface area contributed by atoms with Gasteiger partial charge in [0.25, 0.3) is 0 Å². The van der Waals surface area contributed by atoms with E-state index in [2.05, 4.69) is 17.2 Å². The van der Waals surface area contributed by atoms with E-state index in [0.29, 0.717) is 12.3 Å². The number of pyridine rings is 1. The Morgan fingerprint density at radius 3 is 2.67 bits per heavy atom. The lowest BCUT2D eigenvalue weighted by Gasteiger charge is -2.35. The molecule has 3 aromatic rings. The second-order valence-corrected chi connectivity index (χ2v) is 8.12. The second-order valence-electron chi connectivity index (χ2n) is 8.12. The zero-order chi connectivity index (χ0) is 20.8. The fourth-order valence-corrected chi connectivity index (χ4v) is 4.63. The molecule has 0 radical (unpaired) electrons. The quantitative estimate of drug-likeness (QED) is 0.700. The van der Waals surface area contributed by atoms with Crippen molar-refractivity contribution in [1.82, 2.24) is 14.8 Å². The van der Waals surface area contributed by atoms with Crippen molar-refractivity contribution >= 4 is 11.6 Å². The summed E-state index contributed by atoms with van der Waals surface area (Å²) in [7, 11) is 1.66. The molecule has 6 nitrogen and oxygen atoms in total. The first-order valence-corrected chi connectivity index (χ1v) is 10.2. The first-order valence-electron chi connectivity index (χ1n) is 10.2. The SMILES string of the molecule is COc1ccc(-c2c(C)nn3c2NC2=C(C(=O)C[C@H](C)C2)[C@H]3c2cccnc2)cc1. The van der Waals surface area contributed by atoms with Gasteiger partial charge in [0.15, 0.2) is 5.78 Å². The number of fused-ring (bicyclic) bond motifs is 1. The van der Waals surface area contributed by atoms with Crippen LogP contribution in [0, 0.1) is 12.8 Å². The normalized spacial score (nSPS) is 20.4. The molecule has 3 heterocycles. The highest BCUT2D eigenvalue weighted by Crippen LogP contribution is 2.45. The number of nitrogens with zero attached hydrogens (tertiary/aromatic N) is 3. The van der Waals surface area contributed by atoms with Gasteiger partial charge in [0.1, 0.15) is 17.6 Å². The molecule has 0 bridgehead atoms. The molecule has 1 aliphatic carbocycles. The van der Waals surface area contributed by atoms with Crippen LogP contribution in [0.4, 0.5) is 5.82 Å². The molecule has 0 amide bonds. The second kappa shape index (κ2) is 7.13. The highest BCUT2D eigenvalue weighted by atomic mass is 16.5. The van der Waals surface area contributed by atoms with Crippen molar-refractivity contribution in [1.29, 1.82) is 0 Å². The van der Waals surface area contributed by atoms with Gasteiger partial charge in [-0.05, 0) is 48.6 Å². The molecular formula is C24H24N4O2. The van der Waals surface area contributed by atoms with E-state index in [1.807, 2.05) is 54.2 Å². The lowest BCUT2D eigenvalue weighted by Crippen LogP contribution is -2.33. The van der Waals surface area contributed by atoms with Crippen molar-refractivity contribution in [3.8, 4) is 16.9 Å². The number of carbonyl (C=O) groups excluding carboxylic acids is 1. The number of carbonyl (C=O) groups is 1. The summed E-state index contributed by atoms with van der Waals surface area (Å²) in [4.78, 5) is 17.4. The van der Waals surface area contributed by atoms with Gasteiger partial charge >= 0.3 is 0 Å². The predicted molar refractivity (Wildman–Crippen MR) is 115 cm³/mol. The highest BCUT2D eigenvalue weighted by molar-refractivity contribution is 6.00. The summed E-state index contributed by atoms with van der Waals surface area (Å²) in [5.74, 6) is 2.25. The standard InChI is InChI=1S/C24H24N4O2/c1-14-11-19-22(20(29)12-14)23(17-5-4-10-25-13-17)28-24(26-19)21(15(2)27-28)16-6-8-18(30-3)9-7-16/h4-10,13-14,23,26H,11-12H2,1-3H3/t14-,23-/m1/s1. The number of anilines is 1. The fourth-order valence-electron chi connectivity index (χ4n) is 4.63. The Balaban J connectivity index is 1.71. The first kappa shape index (κ1) is 18.6. The Morgan fingerprint density at radius 1 is 1.17 bits per heavy atom. The summed E-state index contributed by atoms with van der Waals surface area (Å²) in [5, 5.41) is 8.46.